The number of benzene rings is 1. The fourth-order valence-electron chi connectivity index (χ4n) is 2.88. The summed E-state index contributed by atoms with van der Waals surface area (Å²) in [5, 5.41) is 9.71. The third kappa shape index (κ3) is 2.26. The molecule has 0 spiro atoms. The molecule has 1 aliphatic carbocycles. The Bertz CT molecular complexity index is 451. The van der Waals surface area contributed by atoms with Gasteiger partial charge in [-0.1, -0.05) is 37.8 Å². The highest BCUT2D eigenvalue weighted by atomic mass is 79.9. The van der Waals surface area contributed by atoms with Crippen molar-refractivity contribution in [2.24, 2.45) is 0 Å². The Morgan fingerprint density at radius 2 is 1.83 bits per heavy atom. The van der Waals surface area contributed by atoms with Crippen LogP contribution in [-0.4, -0.2) is 11.1 Å². The van der Waals surface area contributed by atoms with Gasteiger partial charge in [0, 0.05) is 4.47 Å². The predicted octanol–water partition coefficient (Wildman–Crippen LogP) is 3.71. The van der Waals surface area contributed by atoms with Gasteiger partial charge in [-0.2, -0.15) is 0 Å². The second-order valence-corrected chi connectivity index (χ2v) is 5.86. The number of para-hydroxylation sites is 1. The third-order valence-electron chi connectivity index (χ3n) is 3.93. The van der Waals surface area contributed by atoms with E-state index in [0.717, 1.165) is 35.7 Å². The summed E-state index contributed by atoms with van der Waals surface area (Å²) in [6.45, 7) is 0. The van der Waals surface area contributed by atoms with E-state index in [1.165, 1.54) is 0 Å². The molecule has 0 amide bonds. The number of aliphatic carboxylic acids is 1. The summed E-state index contributed by atoms with van der Waals surface area (Å²) in [5.41, 5.74) is 6.62. The fourth-order valence-corrected chi connectivity index (χ4v) is 3.25. The first-order valence-corrected chi connectivity index (χ1v) is 7.15. The van der Waals surface area contributed by atoms with Crippen LogP contribution in [0, 0.1) is 0 Å². The van der Waals surface area contributed by atoms with Crippen molar-refractivity contribution in [3.63, 3.8) is 0 Å². The van der Waals surface area contributed by atoms with Crippen molar-refractivity contribution < 1.29 is 9.90 Å². The number of hydrogen-bond donors (Lipinski definition) is 2. The summed E-state index contributed by atoms with van der Waals surface area (Å²) in [6.07, 6.45) is 5.51. The lowest BCUT2D eigenvalue weighted by Crippen LogP contribution is -2.36. The van der Waals surface area contributed by atoms with E-state index in [4.69, 9.17) is 5.73 Å². The Hall–Kier alpha value is -1.03. The van der Waals surface area contributed by atoms with Crippen LogP contribution < -0.4 is 5.73 Å². The molecule has 1 aliphatic rings. The monoisotopic (exact) mass is 311 g/mol. The van der Waals surface area contributed by atoms with Crippen LogP contribution in [-0.2, 0) is 10.2 Å². The van der Waals surface area contributed by atoms with Crippen LogP contribution in [0.5, 0.6) is 0 Å². The maximum Gasteiger partial charge on any atom is 0.314 e. The van der Waals surface area contributed by atoms with Crippen LogP contribution in [0.25, 0.3) is 0 Å². The van der Waals surface area contributed by atoms with Crippen molar-refractivity contribution in [2.45, 2.75) is 43.9 Å². The van der Waals surface area contributed by atoms with E-state index in [2.05, 4.69) is 15.9 Å². The molecule has 2 rings (SSSR count). The summed E-state index contributed by atoms with van der Waals surface area (Å²) in [7, 11) is 0. The van der Waals surface area contributed by atoms with Gasteiger partial charge in [0.25, 0.3) is 0 Å². The molecular weight excluding hydrogens is 294 g/mol. The van der Waals surface area contributed by atoms with Gasteiger partial charge < -0.3 is 10.8 Å². The first-order chi connectivity index (χ1) is 8.58. The minimum absolute atomic E-state index is 0.571. The van der Waals surface area contributed by atoms with E-state index in [9.17, 15) is 9.90 Å². The molecule has 18 heavy (non-hydrogen) atoms. The largest absolute Gasteiger partial charge is 0.481 e. The molecule has 3 nitrogen and oxygen atoms in total. The van der Waals surface area contributed by atoms with Gasteiger partial charge in [0.2, 0.25) is 0 Å². The molecule has 0 aromatic heterocycles. The Kier molecular flexibility index (Phi) is 3.95. The average Bonchev–Trinajstić information content (AvgIpc) is 2.59. The number of carboxylic acids is 1. The zero-order valence-corrected chi connectivity index (χ0v) is 11.9. The van der Waals surface area contributed by atoms with Gasteiger partial charge in [-0.3, -0.25) is 4.79 Å². The number of rotatable bonds is 2. The highest BCUT2D eigenvalue weighted by Gasteiger charge is 2.41. The molecule has 98 valence electrons. The quantitative estimate of drug-likeness (QED) is 0.646. The van der Waals surface area contributed by atoms with Crippen LogP contribution in [0.1, 0.15) is 44.1 Å². The van der Waals surface area contributed by atoms with Crippen LogP contribution >= 0.6 is 15.9 Å². The normalized spacial score (nSPS) is 19.2. The molecule has 1 aromatic carbocycles. The van der Waals surface area contributed by atoms with Gasteiger partial charge in [-0.15, -0.1) is 0 Å². The third-order valence-corrected chi connectivity index (χ3v) is 4.63. The lowest BCUT2D eigenvalue weighted by Gasteiger charge is -2.30. The van der Waals surface area contributed by atoms with Gasteiger partial charge >= 0.3 is 5.97 Å². The Morgan fingerprint density at radius 1 is 1.22 bits per heavy atom. The lowest BCUT2D eigenvalue weighted by atomic mass is 9.73. The summed E-state index contributed by atoms with van der Waals surface area (Å²) in [6, 6.07) is 5.58. The molecule has 0 bridgehead atoms. The number of carbonyl (C=O) groups is 1. The summed E-state index contributed by atoms with van der Waals surface area (Å²) < 4.78 is 0.782. The highest BCUT2D eigenvalue weighted by molar-refractivity contribution is 9.10. The molecule has 1 saturated carbocycles. The molecule has 4 heteroatoms. The van der Waals surface area contributed by atoms with Crippen LogP contribution in [0.2, 0.25) is 0 Å². The number of nitrogen functional groups attached to an aromatic ring is 1. The maximum atomic E-state index is 11.8. The topological polar surface area (TPSA) is 63.3 Å². The molecule has 1 aromatic rings. The van der Waals surface area contributed by atoms with Gasteiger partial charge in [0.1, 0.15) is 0 Å². The molecule has 0 atom stereocenters. The summed E-state index contributed by atoms with van der Waals surface area (Å²) >= 11 is 3.39. The van der Waals surface area contributed by atoms with Gasteiger partial charge in [-0.05, 0) is 40.4 Å². The van der Waals surface area contributed by atoms with Crippen molar-refractivity contribution >= 4 is 27.6 Å². The Balaban J connectivity index is 2.52. The fraction of sp³-hybridized carbons (Fsp3) is 0.500. The van der Waals surface area contributed by atoms with E-state index in [-0.39, 0.29) is 0 Å². The SMILES string of the molecule is Nc1c(Br)cccc1C1(C(=O)O)CCCCCC1. The van der Waals surface area contributed by atoms with E-state index >= 15 is 0 Å². The Morgan fingerprint density at radius 3 is 2.39 bits per heavy atom. The van der Waals surface area contributed by atoms with E-state index in [1.54, 1.807) is 0 Å². The van der Waals surface area contributed by atoms with Crippen molar-refractivity contribution in [1.82, 2.24) is 0 Å². The van der Waals surface area contributed by atoms with Crippen LogP contribution in [0.4, 0.5) is 5.69 Å². The molecule has 0 heterocycles. The lowest BCUT2D eigenvalue weighted by molar-refractivity contribution is -0.144. The number of hydrogen-bond acceptors (Lipinski definition) is 2. The molecular formula is C14H18BrNO2. The second-order valence-electron chi connectivity index (χ2n) is 5.00. The molecule has 0 unspecified atom stereocenters. The van der Waals surface area contributed by atoms with E-state index in [0.29, 0.717) is 18.5 Å². The van der Waals surface area contributed by atoms with Crippen molar-refractivity contribution in [2.75, 3.05) is 5.73 Å². The molecule has 3 N–H and O–H groups in total. The highest BCUT2D eigenvalue weighted by Crippen LogP contribution is 2.42. The van der Waals surface area contributed by atoms with Gasteiger partial charge in [0.05, 0.1) is 11.1 Å². The smallest absolute Gasteiger partial charge is 0.314 e. The van der Waals surface area contributed by atoms with Crippen LogP contribution in [0.3, 0.4) is 0 Å². The summed E-state index contributed by atoms with van der Waals surface area (Å²) in [5.74, 6) is -0.741. The van der Waals surface area contributed by atoms with Gasteiger partial charge in [0.15, 0.2) is 0 Å². The number of nitrogens with two attached hydrogens (primary N) is 1. The molecule has 0 radical (unpaired) electrons. The van der Waals surface area contributed by atoms with Gasteiger partial charge in [-0.25, -0.2) is 0 Å². The number of carboxylic acid groups (broad SMARTS) is 1. The molecule has 0 saturated heterocycles. The second kappa shape index (κ2) is 5.31. The minimum atomic E-state index is -0.801. The first kappa shape index (κ1) is 13.4. The van der Waals surface area contributed by atoms with E-state index in [1.807, 2.05) is 18.2 Å². The van der Waals surface area contributed by atoms with Crippen molar-refractivity contribution in [3.8, 4) is 0 Å². The average molecular weight is 312 g/mol. The summed E-state index contributed by atoms with van der Waals surface area (Å²) in [4.78, 5) is 11.8. The van der Waals surface area contributed by atoms with Crippen molar-refractivity contribution in [1.29, 1.82) is 0 Å². The standard InChI is InChI=1S/C14H18BrNO2/c15-11-7-5-6-10(12(11)16)14(13(17)18)8-3-1-2-4-9-14/h5-7H,1-4,8-9,16H2,(H,17,18). The first-order valence-electron chi connectivity index (χ1n) is 6.36. The molecule has 1 fully saturated rings. The number of halogens is 1. The Labute approximate surface area is 116 Å². The maximum absolute atomic E-state index is 11.8. The zero-order chi connectivity index (χ0) is 13.2. The zero-order valence-electron chi connectivity index (χ0n) is 10.3. The molecule has 0 aliphatic heterocycles. The van der Waals surface area contributed by atoms with E-state index < -0.39 is 11.4 Å². The predicted molar refractivity (Wildman–Crippen MR) is 75.6 cm³/mol. The van der Waals surface area contributed by atoms with Crippen LogP contribution in [0.15, 0.2) is 22.7 Å². The number of anilines is 1. The van der Waals surface area contributed by atoms with Crippen molar-refractivity contribution in [3.05, 3.63) is 28.2 Å². The minimum Gasteiger partial charge on any atom is -0.481 e.